The molecule has 1 aliphatic heterocycles. The number of sulfone groups is 1. The second-order valence-electron chi connectivity index (χ2n) is 7.74. The summed E-state index contributed by atoms with van der Waals surface area (Å²) in [5.74, 6) is 0.0842. The van der Waals surface area contributed by atoms with Crippen molar-refractivity contribution in [2.75, 3.05) is 11.5 Å². The highest BCUT2D eigenvalue weighted by Gasteiger charge is 2.32. The van der Waals surface area contributed by atoms with Gasteiger partial charge in [-0.1, -0.05) is 42.7 Å². The van der Waals surface area contributed by atoms with Crippen LogP contribution in [0.4, 0.5) is 0 Å². The lowest BCUT2D eigenvalue weighted by Crippen LogP contribution is -2.33. The summed E-state index contributed by atoms with van der Waals surface area (Å²) in [4.78, 5) is 12.7. The molecule has 1 unspecified atom stereocenters. The molecule has 0 radical (unpaired) electrons. The number of aromatic nitrogens is 2. The van der Waals surface area contributed by atoms with Crippen molar-refractivity contribution < 1.29 is 13.2 Å². The summed E-state index contributed by atoms with van der Waals surface area (Å²) in [5, 5.41) is 7.61. The maximum Gasteiger partial charge on any atom is 0.272 e. The number of hydrogen-bond donors (Lipinski definition) is 1. The number of aryl methyl sites for hydroxylation is 1. The van der Waals surface area contributed by atoms with Gasteiger partial charge < -0.3 is 5.32 Å². The van der Waals surface area contributed by atoms with Crippen molar-refractivity contribution in [2.24, 2.45) is 0 Å². The SMILES string of the molecule is Cc1ccc(-c2cc(C(=O)NC3CCCC3)nn2C2CCS(=O)(=O)C2)cc1. The van der Waals surface area contributed by atoms with Crippen molar-refractivity contribution in [1.82, 2.24) is 15.1 Å². The van der Waals surface area contributed by atoms with Gasteiger partial charge >= 0.3 is 0 Å². The normalized spacial score (nSPS) is 22.2. The number of nitrogens with one attached hydrogen (secondary N) is 1. The van der Waals surface area contributed by atoms with Gasteiger partial charge in [-0.15, -0.1) is 0 Å². The third kappa shape index (κ3) is 3.93. The molecule has 2 fully saturated rings. The van der Waals surface area contributed by atoms with Gasteiger partial charge in [0.2, 0.25) is 0 Å². The minimum absolute atomic E-state index is 0.0806. The minimum atomic E-state index is -3.04. The second kappa shape index (κ2) is 7.11. The zero-order valence-electron chi connectivity index (χ0n) is 15.5. The van der Waals surface area contributed by atoms with E-state index in [2.05, 4.69) is 10.4 Å². The number of carbonyl (C=O) groups excluding carboxylic acids is 1. The number of hydrogen-bond acceptors (Lipinski definition) is 4. The summed E-state index contributed by atoms with van der Waals surface area (Å²) >= 11 is 0. The molecule has 1 atom stereocenters. The van der Waals surface area contributed by atoms with E-state index in [-0.39, 0.29) is 29.5 Å². The standard InChI is InChI=1S/C20H25N3O3S/c1-14-6-8-15(9-7-14)19-12-18(20(24)21-16-4-2-3-5-16)22-23(19)17-10-11-27(25,26)13-17/h6-9,12,16-17H,2-5,10-11,13H2,1H3,(H,21,24). The van der Waals surface area contributed by atoms with Crippen molar-refractivity contribution in [3.8, 4) is 11.3 Å². The Morgan fingerprint density at radius 1 is 1.15 bits per heavy atom. The average molecular weight is 388 g/mol. The van der Waals surface area contributed by atoms with E-state index in [0.717, 1.165) is 42.5 Å². The van der Waals surface area contributed by atoms with E-state index in [9.17, 15) is 13.2 Å². The fourth-order valence-electron chi connectivity index (χ4n) is 4.02. The Kier molecular flexibility index (Phi) is 4.80. The first-order valence-electron chi connectivity index (χ1n) is 9.59. The third-order valence-corrected chi connectivity index (χ3v) is 7.31. The Hall–Kier alpha value is -2.15. The van der Waals surface area contributed by atoms with E-state index >= 15 is 0 Å². The van der Waals surface area contributed by atoms with E-state index in [1.165, 1.54) is 0 Å². The van der Waals surface area contributed by atoms with Gasteiger partial charge in [-0.25, -0.2) is 8.42 Å². The largest absolute Gasteiger partial charge is 0.348 e. The lowest BCUT2D eigenvalue weighted by Gasteiger charge is -2.13. The molecule has 1 N–H and O–H groups in total. The summed E-state index contributed by atoms with van der Waals surface area (Å²) in [5.41, 5.74) is 3.25. The molecule has 2 aliphatic rings. The molecule has 1 amide bonds. The Morgan fingerprint density at radius 2 is 1.85 bits per heavy atom. The second-order valence-corrected chi connectivity index (χ2v) is 9.97. The van der Waals surface area contributed by atoms with Gasteiger partial charge in [0.25, 0.3) is 5.91 Å². The highest BCUT2D eigenvalue weighted by molar-refractivity contribution is 7.91. The van der Waals surface area contributed by atoms with Crippen LogP contribution in [0, 0.1) is 6.92 Å². The van der Waals surface area contributed by atoms with Crippen LogP contribution in [0.25, 0.3) is 11.3 Å². The quantitative estimate of drug-likeness (QED) is 0.875. The first-order chi connectivity index (χ1) is 12.9. The molecular formula is C20H25N3O3S. The van der Waals surface area contributed by atoms with Crippen LogP contribution in [-0.2, 0) is 9.84 Å². The summed E-state index contributed by atoms with van der Waals surface area (Å²) in [7, 11) is -3.04. The molecular weight excluding hydrogens is 362 g/mol. The van der Waals surface area contributed by atoms with Crippen LogP contribution in [0.15, 0.2) is 30.3 Å². The van der Waals surface area contributed by atoms with E-state index < -0.39 is 9.84 Å². The highest BCUT2D eigenvalue weighted by Crippen LogP contribution is 2.30. The van der Waals surface area contributed by atoms with Crippen molar-refractivity contribution in [3.05, 3.63) is 41.6 Å². The predicted molar refractivity (Wildman–Crippen MR) is 104 cm³/mol. The molecule has 0 bridgehead atoms. The van der Waals surface area contributed by atoms with Crippen LogP contribution < -0.4 is 5.32 Å². The van der Waals surface area contributed by atoms with E-state index in [0.29, 0.717) is 12.1 Å². The Morgan fingerprint density at radius 3 is 2.48 bits per heavy atom. The first kappa shape index (κ1) is 18.2. The molecule has 1 aromatic carbocycles. The Bertz CT molecular complexity index is 941. The average Bonchev–Trinajstić information content (AvgIpc) is 3.35. The number of rotatable bonds is 4. The molecule has 2 heterocycles. The molecule has 0 spiro atoms. The predicted octanol–water partition coefficient (Wildman–Crippen LogP) is 2.89. The van der Waals surface area contributed by atoms with E-state index in [4.69, 9.17) is 0 Å². The highest BCUT2D eigenvalue weighted by atomic mass is 32.2. The van der Waals surface area contributed by atoms with Gasteiger partial charge in [0.15, 0.2) is 15.5 Å². The lowest BCUT2D eigenvalue weighted by atomic mass is 10.1. The number of carbonyl (C=O) groups is 1. The monoisotopic (exact) mass is 387 g/mol. The number of amides is 1. The number of nitrogens with zero attached hydrogens (tertiary/aromatic N) is 2. The summed E-state index contributed by atoms with van der Waals surface area (Å²) < 4.78 is 25.7. The van der Waals surface area contributed by atoms with Crippen molar-refractivity contribution in [2.45, 2.75) is 51.1 Å². The smallest absolute Gasteiger partial charge is 0.272 e. The first-order valence-corrected chi connectivity index (χ1v) is 11.4. The third-order valence-electron chi connectivity index (χ3n) is 5.56. The molecule has 1 aliphatic carbocycles. The van der Waals surface area contributed by atoms with Crippen LogP contribution in [0.1, 0.15) is 54.2 Å². The molecule has 4 rings (SSSR count). The van der Waals surface area contributed by atoms with Gasteiger partial charge in [-0.2, -0.15) is 5.10 Å². The molecule has 2 aromatic rings. The Balaban J connectivity index is 1.68. The van der Waals surface area contributed by atoms with Crippen LogP contribution in [-0.4, -0.2) is 41.7 Å². The van der Waals surface area contributed by atoms with Crippen LogP contribution in [0.2, 0.25) is 0 Å². The van der Waals surface area contributed by atoms with Crippen LogP contribution >= 0.6 is 0 Å². The lowest BCUT2D eigenvalue weighted by molar-refractivity contribution is 0.0931. The minimum Gasteiger partial charge on any atom is -0.348 e. The number of benzene rings is 1. The van der Waals surface area contributed by atoms with Crippen LogP contribution in [0.3, 0.4) is 0 Å². The van der Waals surface area contributed by atoms with Crippen molar-refractivity contribution in [1.29, 1.82) is 0 Å². The maximum atomic E-state index is 12.7. The molecule has 1 saturated carbocycles. The summed E-state index contributed by atoms with van der Waals surface area (Å²) in [6.07, 6.45) is 4.85. The Labute approximate surface area is 159 Å². The maximum absolute atomic E-state index is 12.7. The zero-order chi connectivity index (χ0) is 19.0. The van der Waals surface area contributed by atoms with Crippen LogP contribution in [0.5, 0.6) is 0 Å². The van der Waals surface area contributed by atoms with Crippen molar-refractivity contribution in [3.63, 3.8) is 0 Å². The topological polar surface area (TPSA) is 81.1 Å². The molecule has 6 nitrogen and oxygen atoms in total. The van der Waals surface area contributed by atoms with Gasteiger partial charge in [-0.3, -0.25) is 9.48 Å². The zero-order valence-corrected chi connectivity index (χ0v) is 16.3. The van der Waals surface area contributed by atoms with Crippen molar-refractivity contribution >= 4 is 15.7 Å². The van der Waals surface area contributed by atoms with Gasteiger partial charge in [0.1, 0.15) is 0 Å². The fourth-order valence-corrected chi connectivity index (χ4v) is 5.71. The fraction of sp³-hybridized carbons (Fsp3) is 0.500. The van der Waals surface area contributed by atoms with Gasteiger partial charge in [-0.05, 0) is 37.8 Å². The molecule has 1 saturated heterocycles. The van der Waals surface area contributed by atoms with Gasteiger partial charge in [0.05, 0.1) is 23.2 Å². The van der Waals surface area contributed by atoms with E-state index in [1.54, 1.807) is 10.7 Å². The summed E-state index contributed by atoms with van der Waals surface area (Å²) in [6, 6.07) is 9.79. The van der Waals surface area contributed by atoms with Gasteiger partial charge in [0, 0.05) is 6.04 Å². The summed E-state index contributed by atoms with van der Waals surface area (Å²) in [6.45, 7) is 2.02. The molecule has 27 heavy (non-hydrogen) atoms. The van der Waals surface area contributed by atoms with E-state index in [1.807, 2.05) is 31.2 Å². The molecule has 144 valence electrons. The molecule has 1 aromatic heterocycles. The molecule has 7 heteroatoms.